The van der Waals surface area contributed by atoms with E-state index < -0.39 is 5.92 Å². The first-order valence-corrected chi connectivity index (χ1v) is 12.2. The van der Waals surface area contributed by atoms with Crippen LogP contribution in [-0.2, 0) is 9.59 Å². The lowest BCUT2D eigenvalue weighted by Gasteiger charge is -2.33. The van der Waals surface area contributed by atoms with Crippen LogP contribution in [0.15, 0.2) is 6.07 Å². The van der Waals surface area contributed by atoms with Gasteiger partial charge in [0, 0.05) is 23.4 Å². The number of Topliss-reactive ketones (excluding diaryl/α,β-unsaturated/α-hetero) is 1. The van der Waals surface area contributed by atoms with Gasteiger partial charge in [0.2, 0.25) is 5.91 Å². The van der Waals surface area contributed by atoms with Crippen LogP contribution in [0, 0.1) is 12.3 Å². The summed E-state index contributed by atoms with van der Waals surface area (Å²) >= 11 is 1.69. The maximum absolute atomic E-state index is 13.3. The molecule has 0 spiro atoms. The second-order valence-corrected chi connectivity index (χ2v) is 11.1. The largest absolute Gasteiger partial charge is 0.393 e. The first-order chi connectivity index (χ1) is 14.6. The Hall–Kier alpha value is -1.86. The van der Waals surface area contributed by atoms with Gasteiger partial charge in [0.25, 0.3) is 0 Å². The molecule has 1 unspecified atom stereocenters. The Bertz CT molecular complexity index is 981. The van der Waals surface area contributed by atoms with Crippen molar-refractivity contribution in [3.05, 3.63) is 22.5 Å². The lowest BCUT2D eigenvalue weighted by molar-refractivity contribution is -0.138. The molecule has 2 fully saturated rings. The van der Waals surface area contributed by atoms with Crippen LogP contribution < -0.4 is 0 Å². The molecule has 2 aliphatic rings. The summed E-state index contributed by atoms with van der Waals surface area (Å²) in [4.78, 5) is 39.1. The maximum atomic E-state index is 13.3. The summed E-state index contributed by atoms with van der Waals surface area (Å²) in [5.74, 6) is -0.204. The van der Waals surface area contributed by atoms with Crippen LogP contribution in [0.5, 0.6) is 0 Å². The zero-order chi connectivity index (χ0) is 22.3. The zero-order valence-corrected chi connectivity index (χ0v) is 19.8. The average molecular weight is 444 g/mol. The van der Waals surface area contributed by atoms with Crippen molar-refractivity contribution < 1.29 is 14.7 Å². The number of aryl methyl sites for hydroxylation is 1. The Morgan fingerprint density at radius 2 is 1.81 bits per heavy atom. The van der Waals surface area contributed by atoms with E-state index in [2.05, 4.69) is 29.9 Å². The molecule has 1 aliphatic heterocycles. The molecule has 7 heteroatoms. The number of rotatable bonds is 4. The molecule has 1 saturated carbocycles. The molecule has 1 amide bonds. The quantitative estimate of drug-likeness (QED) is 0.711. The van der Waals surface area contributed by atoms with Crippen LogP contribution in [0.4, 0.5) is 0 Å². The molecule has 1 N–H and O–H groups in total. The highest BCUT2D eigenvalue weighted by Crippen LogP contribution is 2.45. The Morgan fingerprint density at radius 3 is 2.42 bits per heavy atom. The summed E-state index contributed by atoms with van der Waals surface area (Å²) in [7, 11) is 0. The van der Waals surface area contributed by atoms with E-state index in [1.165, 1.54) is 24.6 Å². The molecule has 0 aromatic carbocycles. The number of aliphatic hydroxyl groups is 1. The number of carbonyl (C=O) groups excluding carboxylic acids is 2. The third kappa shape index (κ3) is 4.67. The highest BCUT2D eigenvalue weighted by Gasteiger charge is 2.35. The third-order valence-electron chi connectivity index (χ3n) is 7.00. The molecule has 0 radical (unpaired) electrons. The lowest BCUT2D eigenvalue weighted by atomic mass is 9.73. The van der Waals surface area contributed by atoms with Gasteiger partial charge in [-0.25, -0.2) is 9.97 Å². The summed E-state index contributed by atoms with van der Waals surface area (Å²) in [5.41, 5.74) is 0.952. The van der Waals surface area contributed by atoms with Crippen molar-refractivity contribution in [3.63, 3.8) is 0 Å². The number of nitrogens with zero attached hydrogens (tertiary/aromatic N) is 3. The number of fused-ring (bicyclic) bond motifs is 1. The molecule has 2 aromatic heterocycles. The zero-order valence-electron chi connectivity index (χ0n) is 19.0. The van der Waals surface area contributed by atoms with Gasteiger partial charge >= 0.3 is 0 Å². The number of likely N-dealkylation sites (tertiary alicyclic amines) is 1. The van der Waals surface area contributed by atoms with Gasteiger partial charge in [0.1, 0.15) is 22.4 Å². The summed E-state index contributed by atoms with van der Waals surface area (Å²) in [5, 5.41) is 10.6. The van der Waals surface area contributed by atoms with Gasteiger partial charge in [-0.1, -0.05) is 13.8 Å². The Labute approximate surface area is 188 Å². The van der Waals surface area contributed by atoms with Crippen LogP contribution >= 0.6 is 11.3 Å². The number of amides is 1. The van der Waals surface area contributed by atoms with Crippen molar-refractivity contribution in [2.24, 2.45) is 5.41 Å². The fourth-order valence-corrected chi connectivity index (χ4v) is 6.18. The van der Waals surface area contributed by atoms with Crippen molar-refractivity contribution in [1.82, 2.24) is 14.9 Å². The highest BCUT2D eigenvalue weighted by molar-refractivity contribution is 7.18. The summed E-state index contributed by atoms with van der Waals surface area (Å²) in [6.45, 7) is 8.92. The van der Waals surface area contributed by atoms with E-state index in [9.17, 15) is 14.7 Å². The van der Waals surface area contributed by atoms with Gasteiger partial charge in [-0.3, -0.25) is 9.59 Å². The Balaban J connectivity index is 1.69. The molecule has 0 bridgehead atoms. The SMILES string of the molecule is CC(=O)C(C(=O)N1CCC(O)CC1)c1nc(C)nc2sc(C3CCC(C)(C)CC3)cc12. The number of thiophene rings is 1. The molecule has 2 aromatic rings. The molecule has 6 nitrogen and oxygen atoms in total. The fraction of sp³-hybridized carbons (Fsp3) is 0.667. The number of hydrogen-bond acceptors (Lipinski definition) is 6. The van der Waals surface area contributed by atoms with Crippen molar-refractivity contribution >= 4 is 33.2 Å². The van der Waals surface area contributed by atoms with Crippen molar-refractivity contribution in [1.29, 1.82) is 0 Å². The topological polar surface area (TPSA) is 83.4 Å². The van der Waals surface area contributed by atoms with Crippen LogP contribution in [0.25, 0.3) is 10.2 Å². The van der Waals surface area contributed by atoms with E-state index in [1.807, 2.05) is 6.92 Å². The van der Waals surface area contributed by atoms with Crippen molar-refractivity contribution in [3.8, 4) is 0 Å². The summed E-state index contributed by atoms with van der Waals surface area (Å²) in [6, 6.07) is 2.14. The first-order valence-electron chi connectivity index (χ1n) is 11.4. The van der Waals surface area contributed by atoms with Gasteiger partial charge in [0.15, 0.2) is 0 Å². The number of hydrogen-bond donors (Lipinski definition) is 1. The van der Waals surface area contributed by atoms with Gasteiger partial charge in [-0.05, 0) is 69.8 Å². The predicted octanol–water partition coefficient (Wildman–Crippen LogP) is 4.34. The van der Waals surface area contributed by atoms with Gasteiger partial charge in [0.05, 0.1) is 11.8 Å². The molecule has 1 aliphatic carbocycles. The van der Waals surface area contributed by atoms with Gasteiger partial charge in [-0.15, -0.1) is 11.3 Å². The monoisotopic (exact) mass is 443 g/mol. The minimum absolute atomic E-state index is 0.192. The molecule has 168 valence electrons. The second-order valence-electron chi connectivity index (χ2n) is 10.1. The van der Waals surface area contributed by atoms with Crippen LogP contribution in [0.1, 0.15) is 87.5 Å². The van der Waals surface area contributed by atoms with E-state index in [1.54, 1.807) is 16.2 Å². The average Bonchev–Trinajstić information content (AvgIpc) is 3.12. The highest BCUT2D eigenvalue weighted by atomic mass is 32.1. The molecule has 1 atom stereocenters. The number of piperidine rings is 1. The minimum Gasteiger partial charge on any atom is -0.393 e. The van der Waals surface area contributed by atoms with E-state index in [0.29, 0.717) is 48.8 Å². The van der Waals surface area contributed by atoms with Gasteiger partial charge < -0.3 is 10.0 Å². The molecule has 31 heavy (non-hydrogen) atoms. The molecular weight excluding hydrogens is 410 g/mol. The van der Waals surface area contributed by atoms with Crippen LogP contribution in [-0.4, -0.2) is 50.9 Å². The summed E-state index contributed by atoms with van der Waals surface area (Å²) < 4.78 is 0. The maximum Gasteiger partial charge on any atom is 0.239 e. The Kier molecular flexibility index (Phi) is 6.19. The normalized spacial score (nSPS) is 21.4. The first kappa shape index (κ1) is 22.3. The standard InChI is InChI=1S/C24H33N3O3S/c1-14(28)20(23(30)27-11-7-17(29)8-12-27)21-18-13-19(31-22(18)26-15(2)25-21)16-5-9-24(3,4)10-6-16/h13,16-17,20,29H,5-12H2,1-4H3. The predicted molar refractivity (Wildman–Crippen MR) is 122 cm³/mol. The number of carbonyl (C=O) groups is 2. The van der Waals surface area contributed by atoms with Crippen molar-refractivity contribution in [2.45, 2.75) is 84.2 Å². The van der Waals surface area contributed by atoms with Gasteiger partial charge in [-0.2, -0.15) is 0 Å². The molecule has 1 saturated heterocycles. The van der Waals surface area contributed by atoms with E-state index in [-0.39, 0.29) is 17.8 Å². The molecule has 4 rings (SSSR count). The molecular formula is C24H33N3O3S. The number of aromatic nitrogens is 2. The molecule has 3 heterocycles. The third-order valence-corrected chi connectivity index (χ3v) is 8.19. The number of ketones is 1. The number of aliphatic hydroxyl groups excluding tert-OH is 1. The van der Waals surface area contributed by atoms with E-state index >= 15 is 0 Å². The second kappa shape index (κ2) is 8.58. The van der Waals surface area contributed by atoms with E-state index in [4.69, 9.17) is 0 Å². The Morgan fingerprint density at radius 1 is 1.16 bits per heavy atom. The van der Waals surface area contributed by atoms with Crippen molar-refractivity contribution in [2.75, 3.05) is 13.1 Å². The summed E-state index contributed by atoms with van der Waals surface area (Å²) in [6.07, 6.45) is 5.47. The minimum atomic E-state index is -0.910. The fourth-order valence-electron chi connectivity index (χ4n) is 4.93. The smallest absolute Gasteiger partial charge is 0.239 e. The van der Waals surface area contributed by atoms with Crippen LogP contribution in [0.3, 0.4) is 0 Å². The van der Waals surface area contributed by atoms with E-state index in [0.717, 1.165) is 23.1 Å². The lowest BCUT2D eigenvalue weighted by Crippen LogP contribution is -2.44. The van der Waals surface area contributed by atoms with Crippen LogP contribution in [0.2, 0.25) is 0 Å².